The van der Waals surface area contributed by atoms with E-state index in [1.165, 1.54) is 19.3 Å². The summed E-state index contributed by atoms with van der Waals surface area (Å²) in [6.45, 7) is 2.92. The summed E-state index contributed by atoms with van der Waals surface area (Å²) in [7, 11) is 0. The van der Waals surface area contributed by atoms with Gasteiger partial charge in [0.25, 0.3) is 5.91 Å². The van der Waals surface area contributed by atoms with E-state index in [1.807, 2.05) is 12.1 Å². The van der Waals surface area contributed by atoms with E-state index in [4.69, 9.17) is 9.68 Å². The lowest BCUT2D eigenvalue weighted by Gasteiger charge is -2.25. The number of carbonyl (C=O) groups is 1. The monoisotopic (exact) mass is 309 g/mol. The number of amides is 1. The summed E-state index contributed by atoms with van der Waals surface area (Å²) in [6.07, 6.45) is 3.75. The van der Waals surface area contributed by atoms with Gasteiger partial charge in [0.15, 0.2) is 5.76 Å². The molecule has 2 aromatic rings. The molecule has 2 heterocycles. The van der Waals surface area contributed by atoms with E-state index in [-0.39, 0.29) is 5.91 Å². The van der Waals surface area contributed by atoms with Crippen molar-refractivity contribution in [2.24, 2.45) is 0 Å². The Bertz CT molecular complexity index is 724. The van der Waals surface area contributed by atoms with Crippen molar-refractivity contribution in [1.82, 2.24) is 4.90 Å². The van der Waals surface area contributed by atoms with Crippen molar-refractivity contribution < 1.29 is 9.21 Å². The lowest BCUT2D eigenvalue weighted by atomic mass is 10.1. The molecule has 118 valence electrons. The molecule has 1 fully saturated rings. The Balaban J connectivity index is 1.62. The summed E-state index contributed by atoms with van der Waals surface area (Å²) in [5.74, 6) is 0.798. The molecule has 0 unspecified atom stereocenters. The highest BCUT2D eigenvalue weighted by atomic mass is 16.4. The lowest BCUT2D eigenvalue weighted by Crippen LogP contribution is -2.28. The van der Waals surface area contributed by atoms with Crippen LogP contribution in [0.3, 0.4) is 0 Å². The topological polar surface area (TPSA) is 69.3 Å². The number of hydrogen-bond donors (Lipinski definition) is 1. The maximum atomic E-state index is 12.2. The van der Waals surface area contributed by atoms with E-state index in [1.54, 1.807) is 30.3 Å². The van der Waals surface area contributed by atoms with Gasteiger partial charge < -0.3 is 9.73 Å². The third kappa shape index (κ3) is 3.99. The van der Waals surface area contributed by atoms with E-state index in [0.717, 1.165) is 25.4 Å². The highest BCUT2D eigenvalue weighted by Gasteiger charge is 2.15. The Morgan fingerprint density at radius 2 is 2.04 bits per heavy atom. The van der Waals surface area contributed by atoms with Crippen LogP contribution < -0.4 is 5.32 Å². The van der Waals surface area contributed by atoms with Gasteiger partial charge >= 0.3 is 0 Å². The number of furan rings is 1. The first-order chi connectivity index (χ1) is 11.2. The molecule has 0 aliphatic carbocycles. The predicted molar refractivity (Wildman–Crippen MR) is 86.9 cm³/mol. The Labute approximate surface area is 135 Å². The molecule has 0 radical (unpaired) electrons. The Morgan fingerprint density at radius 1 is 1.22 bits per heavy atom. The second kappa shape index (κ2) is 7.12. The van der Waals surface area contributed by atoms with Crippen LogP contribution >= 0.6 is 0 Å². The minimum atomic E-state index is -0.301. The third-order valence-corrected chi connectivity index (χ3v) is 3.96. The van der Waals surface area contributed by atoms with E-state index in [0.29, 0.717) is 17.0 Å². The molecule has 1 saturated heterocycles. The molecule has 0 bridgehead atoms. The summed E-state index contributed by atoms with van der Waals surface area (Å²) < 4.78 is 5.66. The molecular formula is C18H19N3O2. The van der Waals surface area contributed by atoms with Crippen molar-refractivity contribution >= 4 is 11.6 Å². The van der Waals surface area contributed by atoms with Crippen molar-refractivity contribution in [1.29, 1.82) is 5.26 Å². The number of nitriles is 1. The lowest BCUT2D eigenvalue weighted by molar-refractivity contribution is 0.0992. The van der Waals surface area contributed by atoms with Gasteiger partial charge in [0.05, 0.1) is 18.2 Å². The number of benzene rings is 1. The smallest absolute Gasteiger partial charge is 0.291 e. The molecule has 23 heavy (non-hydrogen) atoms. The molecule has 0 saturated carbocycles. The number of likely N-dealkylation sites (tertiary alicyclic amines) is 1. The number of piperidine rings is 1. The first-order valence-corrected chi connectivity index (χ1v) is 7.87. The van der Waals surface area contributed by atoms with Gasteiger partial charge in [-0.15, -0.1) is 0 Å². The zero-order valence-electron chi connectivity index (χ0n) is 12.9. The van der Waals surface area contributed by atoms with Gasteiger partial charge in [0.1, 0.15) is 5.76 Å². The quantitative estimate of drug-likeness (QED) is 0.940. The number of hydrogen-bond acceptors (Lipinski definition) is 4. The molecule has 0 atom stereocenters. The van der Waals surface area contributed by atoms with Gasteiger partial charge in [0.2, 0.25) is 0 Å². The standard InChI is InChI=1S/C18H19N3O2/c19-12-14-5-4-6-15(11-14)20-18(22)17-8-7-16(23-17)13-21-9-2-1-3-10-21/h4-8,11H,1-3,9-10,13H2,(H,20,22). The zero-order chi connectivity index (χ0) is 16.1. The Morgan fingerprint density at radius 3 is 2.83 bits per heavy atom. The van der Waals surface area contributed by atoms with Crippen LogP contribution in [-0.4, -0.2) is 23.9 Å². The predicted octanol–water partition coefficient (Wildman–Crippen LogP) is 3.39. The van der Waals surface area contributed by atoms with E-state index >= 15 is 0 Å². The van der Waals surface area contributed by atoms with E-state index < -0.39 is 0 Å². The summed E-state index contributed by atoms with van der Waals surface area (Å²) in [4.78, 5) is 14.6. The summed E-state index contributed by atoms with van der Waals surface area (Å²) in [5.41, 5.74) is 1.09. The van der Waals surface area contributed by atoms with Crippen molar-refractivity contribution in [3.63, 3.8) is 0 Å². The first-order valence-electron chi connectivity index (χ1n) is 7.87. The minimum absolute atomic E-state index is 0.291. The molecule has 1 aliphatic heterocycles. The molecule has 5 nitrogen and oxygen atoms in total. The molecule has 1 aromatic heterocycles. The SMILES string of the molecule is N#Cc1cccc(NC(=O)c2ccc(CN3CCCCC3)o2)c1. The number of rotatable bonds is 4. The normalized spacial score (nSPS) is 15.1. The molecule has 1 aliphatic rings. The Kier molecular flexibility index (Phi) is 4.74. The van der Waals surface area contributed by atoms with Gasteiger partial charge in [0, 0.05) is 5.69 Å². The van der Waals surface area contributed by atoms with Crippen LogP contribution in [0.15, 0.2) is 40.8 Å². The molecular weight excluding hydrogens is 290 g/mol. The highest BCUT2D eigenvalue weighted by molar-refractivity contribution is 6.02. The number of anilines is 1. The number of carbonyl (C=O) groups excluding carboxylic acids is 1. The largest absolute Gasteiger partial charge is 0.455 e. The van der Waals surface area contributed by atoms with Crippen LogP contribution in [0.4, 0.5) is 5.69 Å². The second-order valence-corrected chi connectivity index (χ2v) is 5.75. The van der Waals surface area contributed by atoms with Gasteiger partial charge in [-0.3, -0.25) is 9.69 Å². The van der Waals surface area contributed by atoms with Gasteiger partial charge in [-0.1, -0.05) is 12.5 Å². The van der Waals surface area contributed by atoms with Crippen molar-refractivity contribution in [2.45, 2.75) is 25.8 Å². The van der Waals surface area contributed by atoms with Crippen molar-refractivity contribution in [3.05, 3.63) is 53.5 Å². The number of nitrogens with zero attached hydrogens (tertiary/aromatic N) is 2. The summed E-state index contributed by atoms with van der Waals surface area (Å²) >= 11 is 0. The average Bonchev–Trinajstić information content (AvgIpc) is 3.04. The fraction of sp³-hybridized carbons (Fsp3) is 0.333. The molecule has 3 rings (SSSR count). The second-order valence-electron chi connectivity index (χ2n) is 5.75. The summed E-state index contributed by atoms with van der Waals surface area (Å²) in [6, 6.07) is 12.4. The minimum Gasteiger partial charge on any atom is -0.455 e. The fourth-order valence-corrected chi connectivity index (χ4v) is 2.78. The maximum Gasteiger partial charge on any atom is 0.291 e. The van der Waals surface area contributed by atoms with Crippen LogP contribution in [-0.2, 0) is 6.54 Å². The molecule has 1 aromatic carbocycles. The van der Waals surface area contributed by atoms with Crippen LogP contribution in [0.25, 0.3) is 0 Å². The van der Waals surface area contributed by atoms with Gasteiger partial charge in [-0.2, -0.15) is 5.26 Å². The average molecular weight is 309 g/mol. The summed E-state index contributed by atoms with van der Waals surface area (Å²) in [5, 5.41) is 11.6. The van der Waals surface area contributed by atoms with Crippen LogP contribution in [0.1, 0.15) is 41.1 Å². The number of nitrogens with one attached hydrogen (secondary N) is 1. The van der Waals surface area contributed by atoms with Crippen molar-refractivity contribution in [2.75, 3.05) is 18.4 Å². The fourth-order valence-electron chi connectivity index (χ4n) is 2.78. The molecule has 0 spiro atoms. The highest BCUT2D eigenvalue weighted by Crippen LogP contribution is 2.17. The Hall–Kier alpha value is -2.58. The maximum absolute atomic E-state index is 12.2. The molecule has 5 heteroatoms. The molecule has 1 amide bonds. The van der Waals surface area contributed by atoms with Crippen LogP contribution in [0.5, 0.6) is 0 Å². The van der Waals surface area contributed by atoms with Gasteiger partial charge in [-0.25, -0.2) is 0 Å². The van der Waals surface area contributed by atoms with Crippen LogP contribution in [0.2, 0.25) is 0 Å². The third-order valence-electron chi connectivity index (χ3n) is 3.96. The van der Waals surface area contributed by atoms with E-state index in [2.05, 4.69) is 10.2 Å². The molecule has 1 N–H and O–H groups in total. The van der Waals surface area contributed by atoms with E-state index in [9.17, 15) is 4.79 Å². The van der Waals surface area contributed by atoms with Crippen LogP contribution in [0, 0.1) is 11.3 Å². The van der Waals surface area contributed by atoms with Gasteiger partial charge in [-0.05, 0) is 56.3 Å². The first kappa shape index (κ1) is 15.3. The zero-order valence-corrected chi connectivity index (χ0v) is 12.9. The van der Waals surface area contributed by atoms with Crippen molar-refractivity contribution in [3.8, 4) is 6.07 Å².